The molecular weight excluding hydrogens is 198 g/mol. The predicted molar refractivity (Wildman–Crippen MR) is 56.8 cm³/mol. The summed E-state index contributed by atoms with van der Waals surface area (Å²) in [7, 11) is 0. The fraction of sp³-hybridized carbons (Fsp3) is 0.778. The van der Waals surface area contributed by atoms with Crippen LogP contribution < -0.4 is 4.87 Å². The second-order valence-electron chi connectivity index (χ2n) is 3.74. The number of aromatic nitrogens is 2. The van der Waals surface area contributed by atoms with E-state index in [9.17, 15) is 4.79 Å². The van der Waals surface area contributed by atoms with Crippen LogP contribution in [-0.4, -0.2) is 34.7 Å². The summed E-state index contributed by atoms with van der Waals surface area (Å²) in [5.41, 5.74) is 0. The molecule has 1 aromatic rings. The average molecular weight is 213 g/mol. The van der Waals surface area contributed by atoms with Gasteiger partial charge in [0, 0.05) is 12.5 Å². The first kappa shape index (κ1) is 9.86. The van der Waals surface area contributed by atoms with Gasteiger partial charge in [-0.25, -0.2) is 5.10 Å². The summed E-state index contributed by atoms with van der Waals surface area (Å²) in [6, 6.07) is 0. The van der Waals surface area contributed by atoms with E-state index >= 15 is 0 Å². The lowest BCUT2D eigenvalue weighted by Crippen LogP contribution is -2.20. The number of hydrogen-bond donors (Lipinski definition) is 1. The van der Waals surface area contributed by atoms with Crippen LogP contribution in [0.3, 0.4) is 0 Å². The number of rotatable bonds is 3. The predicted octanol–water partition coefficient (Wildman–Crippen LogP) is 1.03. The summed E-state index contributed by atoms with van der Waals surface area (Å²) < 4.78 is 0. The van der Waals surface area contributed by atoms with Crippen LogP contribution in [0.2, 0.25) is 0 Å². The van der Waals surface area contributed by atoms with E-state index in [1.807, 2.05) is 0 Å². The molecule has 1 aliphatic rings. The molecule has 0 aromatic carbocycles. The van der Waals surface area contributed by atoms with Gasteiger partial charge < -0.3 is 4.90 Å². The standard InChI is InChI=1S/C9H15N3OS/c1-2-4-12-5-3-7(6-12)8-10-11-9(13)14-8/h7H,2-6H2,1H3,(H,11,13)/t7-/m1/s1. The first-order valence-corrected chi connectivity index (χ1v) is 5.89. The lowest BCUT2D eigenvalue weighted by atomic mass is 10.1. The fourth-order valence-corrected chi connectivity index (χ4v) is 2.70. The lowest BCUT2D eigenvalue weighted by Gasteiger charge is -2.12. The van der Waals surface area contributed by atoms with E-state index in [1.165, 1.54) is 17.8 Å². The molecule has 2 rings (SSSR count). The minimum atomic E-state index is -0.0334. The Morgan fingerprint density at radius 1 is 1.71 bits per heavy atom. The van der Waals surface area contributed by atoms with Gasteiger partial charge in [0.15, 0.2) is 0 Å². The largest absolute Gasteiger partial charge is 0.322 e. The Bertz CT molecular complexity index is 346. The van der Waals surface area contributed by atoms with Crippen molar-refractivity contribution < 1.29 is 0 Å². The van der Waals surface area contributed by atoms with Gasteiger partial charge in [0.1, 0.15) is 5.01 Å². The Balaban J connectivity index is 1.98. The van der Waals surface area contributed by atoms with Crippen LogP contribution in [0.15, 0.2) is 4.79 Å². The Morgan fingerprint density at radius 3 is 3.21 bits per heavy atom. The summed E-state index contributed by atoms with van der Waals surface area (Å²) in [5.74, 6) is 0.477. The molecular formula is C9H15N3OS. The van der Waals surface area contributed by atoms with Crippen LogP contribution in [0.25, 0.3) is 0 Å². The van der Waals surface area contributed by atoms with Crippen molar-refractivity contribution in [3.63, 3.8) is 0 Å². The Morgan fingerprint density at radius 2 is 2.57 bits per heavy atom. The fourth-order valence-electron chi connectivity index (χ4n) is 1.97. The molecule has 0 unspecified atom stereocenters. The van der Waals surface area contributed by atoms with Crippen LogP contribution in [0.4, 0.5) is 0 Å². The van der Waals surface area contributed by atoms with Gasteiger partial charge in [-0.3, -0.25) is 4.79 Å². The van der Waals surface area contributed by atoms with E-state index in [-0.39, 0.29) is 4.87 Å². The van der Waals surface area contributed by atoms with Gasteiger partial charge >= 0.3 is 4.87 Å². The van der Waals surface area contributed by atoms with Gasteiger partial charge in [-0.1, -0.05) is 18.3 Å². The molecule has 0 spiro atoms. The number of hydrogen-bond acceptors (Lipinski definition) is 4. The van der Waals surface area contributed by atoms with Gasteiger partial charge in [0.25, 0.3) is 0 Å². The van der Waals surface area contributed by atoms with Crippen molar-refractivity contribution >= 4 is 11.3 Å². The molecule has 0 amide bonds. The highest BCUT2D eigenvalue weighted by Gasteiger charge is 2.25. The molecule has 0 aliphatic carbocycles. The van der Waals surface area contributed by atoms with E-state index in [0.717, 1.165) is 31.1 Å². The maximum absolute atomic E-state index is 10.9. The van der Waals surface area contributed by atoms with Gasteiger partial charge in [-0.15, -0.1) is 0 Å². The topological polar surface area (TPSA) is 49.0 Å². The molecule has 14 heavy (non-hydrogen) atoms. The van der Waals surface area contributed by atoms with Crippen molar-refractivity contribution in [3.05, 3.63) is 14.7 Å². The quantitative estimate of drug-likeness (QED) is 0.816. The molecule has 1 saturated heterocycles. The first-order valence-electron chi connectivity index (χ1n) is 5.07. The van der Waals surface area contributed by atoms with E-state index in [1.54, 1.807) is 0 Å². The zero-order chi connectivity index (χ0) is 9.97. The van der Waals surface area contributed by atoms with Gasteiger partial charge in [-0.05, 0) is 25.9 Å². The smallest absolute Gasteiger partial charge is 0.303 e. The molecule has 0 saturated carbocycles. The normalized spacial score (nSPS) is 23.1. The number of nitrogens with zero attached hydrogens (tertiary/aromatic N) is 2. The molecule has 0 bridgehead atoms. The first-order chi connectivity index (χ1) is 6.79. The van der Waals surface area contributed by atoms with Crippen molar-refractivity contribution in [1.82, 2.24) is 15.1 Å². The van der Waals surface area contributed by atoms with E-state index in [4.69, 9.17) is 0 Å². The maximum Gasteiger partial charge on any atom is 0.322 e. The van der Waals surface area contributed by atoms with Crippen LogP contribution in [0.5, 0.6) is 0 Å². The van der Waals surface area contributed by atoms with Crippen molar-refractivity contribution in [1.29, 1.82) is 0 Å². The van der Waals surface area contributed by atoms with Crippen LogP contribution in [0, 0.1) is 0 Å². The SMILES string of the molecule is CCCN1CC[C@@H](c2n[nH]c(=O)s2)C1. The van der Waals surface area contributed by atoms with E-state index < -0.39 is 0 Å². The molecule has 1 aliphatic heterocycles. The monoisotopic (exact) mass is 213 g/mol. The Labute approximate surface area is 86.9 Å². The molecule has 1 atom stereocenters. The van der Waals surface area contributed by atoms with Crippen molar-refractivity contribution in [2.45, 2.75) is 25.7 Å². The second-order valence-corrected chi connectivity index (χ2v) is 4.73. The zero-order valence-corrected chi connectivity index (χ0v) is 9.14. The lowest BCUT2D eigenvalue weighted by molar-refractivity contribution is 0.335. The highest BCUT2D eigenvalue weighted by Crippen LogP contribution is 2.26. The van der Waals surface area contributed by atoms with Crippen LogP contribution in [-0.2, 0) is 0 Å². The average Bonchev–Trinajstić information content (AvgIpc) is 2.74. The third-order valence-electron chi connectivity index (χ3n) is 2.62. The molecule has 4 nitrogen and oxygen atoms in total. The molecule has 1 fully saturated rings. The van der Waals surface area contributed by atoms with Crippen molar-refractivity contribution in [2.24, 2.45) is 0 Å². The van der Waals surface area contributed by atoms with Crippen molar-refractivity contribution in [2.75, 3.05) is 19.6 Å². The highest BCUT2D eigenvalue weighted by atomic mass is 32.1. The second kappa shape index (κ2) is 4.23. The summed E-state index contributed by atoms with van der Waals surface area (Å²) >= 11 is 1.26. The van der Waals surface area contributed by atoms with Crippen LogP contribution >= 0.6 is 11.3 Å². The Hall–Kier alpha value is -0.680. The minimum absolute atomic E-state index is 0.0334. The van der Waals surface area contributed by atoms with E-state index in [0.29, 0.717) is 5.92 Å². The third-order valence-corrected chi connectivity index (χ3v) is 3.53. The number of aromatic amines is 1. The third kappa shape index (κ3) is 2.04. The van der Waals surface area contributed by atoms with Gasteiger partial charge in [-0.2, -0.15) is 5.10 Å². The Kier molecular flexibility index (Phi) is 2.98. The van der Waals surface area contributed by atoms with Gasteiger partial charge in [0.2, 0.25) is 0 Å². The highest BCUT2D eigenvalue weighted by molar-refractivity contribution is 7.08. The maximum atomic E-state index is 10.9. The summed E-state index contributed by atoms with van der Waals surface area (Å²) in [5, 5.41) is 7.51. The molecule has 1 aromatic heterocycles. The van der Waals surface area contributed by atoms with Crippen LogP contribution in [0.1, 0.15) is 30.7 Å². The molecule has 78 valence electrons. The molecule has 1 N–H and O–H groups in total. The molecule has 5 heteroatoms. The number of H-pyrrole nitrogens is 1. The van der Waals surface area contributed by atoms with Gasteiger partial charge in [0.05, 0.1) is 0 Å². The molecule has 2 heterocycles. The summed E-state index contributed by atoms with van der Waals surface area (Å²) in [6.07, 6.45) is 2.34. The number of nitrogens with one attached hydrogen (secondary N) is 1. The summed E-state index contributed by atoms with van der Waals surface area (Å²) in [6.45, 7) is 5.57. The number of likely N-dealkylation sites (tertiary alicyclic amines) is 1. The van der Waals surface area contributed by atoms with Crippen molar-refractivity contribution in [3.8, 4) is 0 Å². The molecule has 0 radical (unpaired) electrons. The van der Waals surface area contributed by atoms with E-state index in [2.05, 4.69) is 22.0 Å². The zero-order valence-electron chi connectivity index (χ0n) is 8.32. The minimum Gasteiger partial charge on any atom is -0.303 e. The summed E-state index contributed by atoms with van der Waals surface area (Å²) in [4.78, 5) is 13.3.